The average molecular weight is 651 g/mol. The van der Waals surface area contributed by atoms with Crippen molar-refractivity contribution in [2.45, 2.75) is 118 Å². The van der Waals surface area contributed by atoms with Crippen molar-refractivity contribution in [3.05, 3.63) is 17.0 Å². The van der Waals surface area contributed by atoms with Crippen LogP contribution >= 0.6 is 0 Å². The zero-order valence-electron chi connectivity index (χ0n) is 23.0. The molecule has 0 fully saturated rings. The Morgan fingerprint density at radius 2 is 0.321 bits per heavy atom. The molecule has 0 rings (SSSR count). The quantitative estimate of drug-likeness (QED) is 0.199. The standard InChI is InChI=1S/3C7H19Si2.Yb/c3*1-8(2,3)7-9(4,5)6;/h3*7H,1-6H3;/q3*-1;+3. The van der Waals surface area contributed by atoms with Crippen molar-refractivity contribution < 1.29 is 46.9 Å². The number of hydrogen-bond acceptors (Lipinski definition) is 0. The maximum Gasteiger partial charge on any atom is 3.00 e. The van der Waals surface area contributed by atoms with Crippen molar-refractivity contribution in [3.63, 3.8) is 0 Å². The number of rotatable bonds is 6. The molecular weight excluding hydrogens is 594 g/mol. The van der Waals surface area contributed by atoms with Gasteiger partial charge in [-0.1, -0.05) is 118 Å². The van der Waals surface area contributed by atoms with E-state index >= 15 is 0 Å². The van der Waals surface area contributed by atoms with E-state index < -0.39 is 48.4 Å². The van der Waals surface area contributed by atoms with E-state index in [0.29, 0.717) is 0 Å². The van der Waals surface area contributed by atoms with E-state index in [-0.39, 0.29) is 46.9 Å². The van der Waals surface area contributed by atoms with Crippen LogP contribution in [0, 0.1) is 63.9 Å². The van der Waals surface area contributed by atoms with E-state index in [4.69, 9.17) is 0 Å². The molecule has 28 heavy (non-hydrogen) atoms. The molecule has 0 aromatic rings. The van der Waals surface area contributed by atoms with Crippen LogP contribution in [0.1, 0.15) is 0 Å². The van der Waals surface area contributed by atoms with Gasteiger partial charge in [0.25, 0.3) is 0 Å². The summed E-state index contributed by atoms with van der Waals surface area (Å²) >= 11 is 0. The van der Waals surface area contributed by atoms with Crippen LogP contribution in [0.15, 0.2) is 0 Å². The van der Waals surface area contributed by atoms with Crippen molar-refractivity contribution in [1.29, 1.82) is 0 Å². The minimum atomic E-state index is -0.856. The van der Waals surface area contributed by atoms with Crippen LogP contribution in [0.25, 0.3) is 0 Å². The molecule has 0 spiro atoms. The van der Waals surface area contributed by atoms with E-state index in [0.717, 1.165) is 0 Å². The molecule has 0 nitrogen and oxygen atoms in total. The largest absolute Gasteiger partial charge is 3.00 e. The first-order chi connectivity index (χ1) is 11.1. The molecule has 0 bridgehead atoms. The molecule has 0 N–H and O–H groups in total. The molecule has 0 aliphatic rings. The molecule has 0 aliphatic carbocycles. The minimum absolute atomic E-state index is 0. The summed E-state index contributed by atoms with van der Waals surface area (Å²) in [6, 6.07) is 0. The summed E-state index contributed by atoms with van der Waals surface area (Å²) in [4.78, 5) is 0. The monoisotopic (exact) mass is 651 g/mol. The van der Waals surface area contributed by atoms with Gasteiger partial charge < -0.3 is 17.0 Å². The van der Waals surface area contributed by atoms with Gasteiger partial charge in [-0.05, 0) is 0 Å². The zero-order valence-corrected chi connectivity index (χ0v) is 30.7. The molecular formula is C21H57Si6Yb. The SMILES string of the molecule is C[Si](C)(C)[CH-][Si](C)(C)C.C[Si](C)(C)[CH-][Si](C)(C)C.C[Si](C)(C)[CH-][Si](C)(C)C.[Yb+3]. The molecule has 0 amide bonds. The van der Waals surface area contributed by atoms with Gasteiger partial charge in [-0.25, -0.2) is 0 Å². The fraction of sp³-hybridized carbons (Fsp3) is 0.857. The summed E-state index contributed by atoms with van der Waals surface area (Å²) in [7, 11) is -5.14. The van der Waals surface area contributed by atoms with E-state index in [9.17, 15) is 0 Å². The van der Waals surface area contributed by atoms with Crippen molar-refractivity contribution >= 4 is 48.4 Å². The minimum Gasteiger partial charge on any atom is -0.327 e. The normalized spacial score (nSPS) is 13.5. The summed E-state index contributed by atoms with van der Waals surface area (Å²) < 4.78 is 0. The van der Waals surface area contributed by atoms with Crippen molar-refractivity contribution in [3.8, 4) is 0 Å². The molecule has 0 atom stereocenters. The second-order valence-electron chi connectivity index (χ2n) is 14.6. The fourth-order valence-corrected chi connectivity index (χ4v) is 35.1. The van der Waals surface area contributed by atoms with E-state index in [2.05, 4.69) is 135 Å². The molecule has 0 aliphatic heterocycles. The van der Waals surface area contributed by atoms with Crippen LogP contribution in [-0.2, 0) is 0 Å². The second kappa shape index (κ2) is 14.2. The van der Waals surface area contributed by atoms with Gasteiger partial charge in [0.2, 0.25) is 0 Å². The van der Waals surface area contributed by atoms with Crippen LogP contribution in [-0.4, -0.2) is 48.4 Å². The molecule has 1 radical (unpaired) electrons. The summed E-state index contributed by atoms with van der Waals surface area (Å²) in [6.45, 7) is 43.3. The molecule has 179 valence electrons. The van der Waals surface area contributed by atoms with Crippen LogP contribution in [0.4, 0.5) is 0 Å². The Labute approximate surface area is 227 Å². The van der Waals surface area contributed by atoms with Gasteiger partial charge in [0.05, 0.1) is 0 Å². The van der Waals surface area contributed by atoms with Gasteiger partial charge in [0.1, 0.15) is 0 Å². The summed E-state index contributed by atoms with van der Waals surface area (Å²) in [5.74, 6) is 0. The van der Waals surface area contributed by atoms with Crippen LogP contribution in [0.5, 0.6) is 0 Å². The predicted octanol–water partition coefficient (Wildman–Crippen LogP) is 8.84. The van der Waals surface area contributed by atoms with Gasteiger partial charge in [-0.15, -0.1) is 48.4 Å². The molecule has 7 heteroatoms. The average Bonchev–Trinajstić information content (AvgIpc) is 1.96. The Hall–Kier alpha value is 2.82. The van der Waals surface area contributed by atoms with Crippen LogP contribution < -0.4 is 0 Å². The Morgan fingerprint density at radius 3 is 0.321 bits per heavy atom. The van der Waals surface area contributed by atoms with Crippen molar-refractivity contribution in [2.75, 3.05) is 0 Å². The topological polar surface area (TPSA) is 0 Å². The smallest absolute Gasteiger partial charge is 0.327 e. The fourth-order valence-electron chi connectivity index (χ4n) is 3.90. The van der Waals surface area contributed by atoms with Crippen molar-refractivity contribution in [1.82, 2.24) is 0 Å². The first-order valence-electron chi connectivity index (χ1n) is 10.7. The van der Waals surface area contributed by atoms with Gasteiger partial charge in [0.15, 0.2) is 0 Å². The molecule has 0 unspecified atom stereocenters. The third-order valence-corrected chi connectivity index (χ3v) is 23.4. The first-order valence-corrected chi connectivity index (χ1v) is 32.2. The molecule has 0 aromatic carbocycles. The second-order valence-corrected chi connectivity index (χ2v) is 46.5. The molecule has 0 aromatic heterocycles. The summed E-state index contributed by atoms with van der Waals surface area (Å²) in [5, 5.41) is 0. The number of hydrogen-bond donors (Lipinski definition) is 0. The van der Waals surface area contributed by atoms with E-state index in [1.807, 2.05) is 0 Å². The van der Waals surface area contributed by atoms with E-state index in [1.54, 1.807) is 0 Å². The Kier molecular flexibility index (Phi) is 19.3. The van der Waals surface area contributed by atoms with Gasteiger partial charge in [0, 0.05) is 0 Å². The molecule has 0 saturated carbocycles. The van der Waals surface area contributed by atoms with Gasteiger partial charge in [-0.2, -0.15) is 0 Å². The van der Waals surface area contributed by atoms with Gasteiger partial charge in [-0.3, -0.25) is 0 Å². The van der Waals surface area contributed by atoms with Crippen molar-refractivity contribution in [2.24, 2.45) is 0 Å². The zero-order chi connectivity index (χ0) is 23.1. The summed E-state index contributed by atoms with van der Waals surface area (Å²) in [6.07, 6.45) is 0. The first kappa shape index (κ1) is 38.1. The maximum absolute atomic E-state index is 2.65. The molecule has 0 heterocycles. The Bertz CT molecular complexity index is 284. The Balaban J connectivity index is -0.000000152. The maximum atomic E-state index is 2.65. The van der Waals surface area contributed by atoms with Crippen LogP contribution in [0.2, 0.25) is 118 Å². The molecule has 0 saturated heterocycles. The predicted molar refractivity (Wildman–Crippen MR) is 153 cm³/mol. The van der Waals surface area contributed by atoms with Gasteiger partial charge >= 0.3 is 46.9 Å². The third kappa shape index (κ3) is 51.5. The third-order valence-electron chi connectivity index (χ3n) is 2.60. The Morgan fingerprint density at radius 1 is 0.250 bits per heavy atom. The van der Waals surface area contributed by atoms with Crippen LogP contribution in [0.3, 0.4) is 0 Å². The summed E-state index contributed by atoms with van der Waals surface area (Å²) in [5.41, 5.74) is 7.96. The van der Waals surface area contributed by atoms with E-state index in [1.165, 1.54) is 0 Å².